The minimum atomic E-state index is -0.00621. The highest BCUT2D eigenvalue weighted by atomic mass is 16.7. The van der Waals surface area contributed by atoms with E-state index in [9.17, 15) is 4.79 Å². The maximum atomic E-state index is 12.3. The summed E-state index contributed by atoms with van der Waals surface area (Å²) in [4.78, 5) is 13.4. The predicted molar refractivity (Wildman–Crippen MR) is 104 cm³/mol. The lowest BCUT2D eigenvalue weighted by Crippen LogP contribution is -3.08. The third-order valence-corrected chi connectivity index (χ3v) is 4.72. The van der Waals surface area contributed by atoms with Crippen molar-refractivity contribution in [2.24, 2.45) is 0 Å². The first-order chi connectivity index (χ1) is 13.5. The zero-order chi connectivity index (χ0) is 20.1. The standard InChI is InChI=1S/C21H26N2O5/c1-14-7-18(25-3)19(26-4)9-16(14)11-23(2)12-21(24)22-10-15-5-6-17-20(8-15)28-13-27-17/h5-9H,10-13H2,1-4H3,(H,22,24)/p+1. The van der Waals surface area contributed by atoms with Crippen molar-refractivity contribution < 1.29 is 28.6 Å². The first-order valence-electron chi connectivity index (χ1n) is 9.18. The van der Waals surface area contributed by atoms with Gasteiger partial charge in [0.25, 0.3) is 5.91 Å². The van der Waals surface area contributed by atoms with Gasteiger partial charge in [-0.2, -0.15) is 0 Å². The van der Waals surface area contributed by atoms with E-state index in [-0.39, 0.29) is 12.7 Å². The quantitative estimate of drug-likeness (QED) is 0.709. The molecular weight excluding hydrogens is 360 g/mol. The fraction of sp³-hybridized carbons (Fsp3) is 0.381. The Morgan fingerprint density at radius 3 is 2.57 bits per heavy atom. The zero-order valence-electron chi connectivity index (χ0n) is 16.8. The van der Waals surface area contributed by atoms with E-state index < -0.39 is 0 Å². The Labute approximate surface area is 165 Å². The highest BCUT2D eigenvalue weighted by Crippen LogP contribution is 2.32. The molecule has 0 fully saturated rings. The average molecular weight is 387 g/mol. The van der Waals surface area contributed by atoms with E-state index >= 15 is 0 Å². The fourth-order valence-electron chi connectivity index (χ4n) is 3.19. The maximum absolute atomic E-state index is 12.3. The lowest BCUT2D eigenvalue weighted by atomic mass is 10.1. The molecule has 7 heteroatoms. The number of carbonyl (C=O) groups excluding carboxylic acids is 1. The molecule has 1 atom stereocenters. The highest BCUT2D eigenvalue weighted by Gasteiger charge is 2.16. The molecule has 0 spiro atoms. The lowest BCUT2D eigenvalue weighted by Gasteiger charge is -2.17. The molecule has 1 aliphatic rings. The van der Waals surface area contributed by atoms with Crippen LogP contribution in [0, 0.1) is 6.92 Å². The normalized spacial score (nSPS) is 13.1. The number of ether oxygens (including phenoxy) is 4. The van der Waals surface area contributed by atoms with Gasteiger partial charge in [0.15, 0.2) is 29.5 Å². The van der Waals surface area contributed by atoms with Gasteiger partial charge in [-0.25, -0.2) is 0 Å². The van der Waals surface area contributed by atoms with Crippen LogP contribution in [0.3, 0.4) is 0 Å². The van der Waals surface area contributed by atoms with Crippen molar-refractivity contribution in [3.8, 4) is 23.0 Å². The van der Waals surface area contributed by atoms with Gasteiger partial charge in [0.1, 0.15) is 6.54 Å². The molecule has 1 heterocycles. The van der Waals surface area contributed by atoms with E-state index in [1.807, 2.05) is 44.3 Å². The van der Waals surface area contributed by atoms with Gasteiger partial charge >= 0.3 is 0 Å². The zero-order valence-corrected chi connectivity index (χ0v) is 16.8. The van der Waals surface area contributed by atoms with Gasteiger partial charge in [0.2, 0.25) is 6.79 Å². The second-order valence-corrected chi connectivity index (χ2v) is 6.91. The molecule has 1 amide bonds. The first-order valence-corrected chi connectivity index (χ1v) is 9.18. The van der Waals surface area contributed by atoms with E-state index in [0.717, 1.165) is 33.1 Å². The number of rotatable bonds is 8. The number of hydrogen-bond acceptors (Lipinski definition) is 5. The molecule has 1 aliphatic heterocycles. The summed E-state index contributed by atoms with van der Waals surface area (Å²) in [6.07, 6.45) is 0. The van der Waals surface area contributed by atoms with Crippen LogP contribution in [-0.4, -0.2) is 40.5 Å². The topological polar surface area (TPSA) is 70.5 Å². The van der Waals surface area contributed by atoms with Crippen LogP contribution >= 0.6 is 0 Å². The SMILES string of the molecule is COc1cc(C)c(C[NH+](C)CC(=O)NCc2ccc3c(c2)OCO3)cc1OC. The molecule has 0 aliphatic carbocycles. The summed E-state index contributed by atoms with van der Waals surface area (Å²) in [5.74, 6) is 2.86. The van der Waals surface area contributed by atoms with Crippen molar-refractivity contribution in [1.29, 1.82) is 0 Å². The fourth-order valence-corrected chi connectivity index (χ4v) is 3.19. The van der Waals surface area contributed by atoms with Crippen LogP contribution in [0.15, 0.2) is 30.3 Å². The second kappa shape index (κ2) is 8.84. The van der Waals surface area contributed by atoms with Crippen LogP contribution in [0.25, 0.3) is 0 Å². The van der Waals surface area contributed by atoms with Crippen LogP contribution in [-0.2, 0) is 17.9 Å². The second-order valence-electron chi connectivity index (χ2n) is 6.91. The molecule has 0 saturated carbocycles. The Balaban J connectivity index is 1.53. The molecule has 0 radical (unpaired) electrons. The summed E-state index contributed by atoms with van der Waals surface area (Å²) < 4.78 is 21.4. The van der Waals surface area contributed by atoms with Crippen LogP contribution in [0.4, 0.5) is 0 Å². The molecule has 0 aromatic heterocycles. The molecule has 0 saturated heterocycles. The first kappa shape index (κ1) is 19.8. The Morgan fingerprint density at radius 2 is 1.82 bits per heavy atom. The average Bonchev–Trinajstić information content (AvgIpc) is 3.15. The number of amides is 1. The van der Waals surface area contributed by atoms with Gasteiger partial charge in [0, 0.05) is 12.1 Å². The summed E-state index contributed by atoms with van der Waals surface area (Å²) in [5.41, 5.74) is 3.21. The molecule has 150 valence electrons. The Kier molecular flexibility index (Phi) is 6.26. The number of likely N-dealkylation sites (N-methyl/N-ethyl adjacent to an activating group) is 1. The minimum Gasteiger partial charge on any atom is -0.493 e. The molecule has 3 rings (SSSR count). The predicted octanol–water partition coefficient (Wildman–Crippen LogP) is 1.07. The van der Waals surface area contributed by atoms with Crippen molar-refractivity contribution >= 4 is 5.91 Å². The molecule has 7 nitrogen and oxygen atoms in total. The highest BCUT2D eigenvalue weighted by molar-refractivity contribution is 5.76. The number of nitrogens with one attached hydrogen (secondary N) is 2. The Morgan fingerprint density at radius 1 is 1.11 bits per heavy atom. The van der Waals surface area contributed by atoms with Crippen molar-refractivity contribution in [1.82, 2.24) is 5.32 Å². The number of methoxy groups -OCH3 is 2. The molecule has 2 N–H and O–H groups in total. The summed E-state index contributed by atoms with van der Waals surface area (Å²) in [5, 5.41) is 2.96. The van der Waals surface area contributed by atoms with Gasteiger partial charge in [-0.05, 0) is 42.3 Å². The molecule has 0 bridgehead atoms. The largest absolute Gasteiger partial charge is 0.493 e. The van der Waals surface area contributed by atoms with Crippen molar-refractivity contribution in [2.75, 3.05) is 34.6 Å². The van der Waals surface area contributed by atoms with Crippen molar-refractivity contribution in [3.05, 3.63) is 47.0 Å². The minimum absolute atomic E-state index is 0.00621. The van der Waals surface area contributed by atoms with Gasteiger partial charge in [-0.3, -0.25) is 4.79 Å². The molecular formula is C21H27N2O5+. The summed E-state index contributed by atoms with van der Waals surface area (Å²) in [6.45, 7) is 3.82. The Hall–Kier alpha value is -2.93. The van der Waals surface area contributed by atoms with Crippen molar-refractivity contribution in [3.63, 3.8) is 0 Å². The molecule has 1 unspecified atom stereocenters. The molecule has 2 aromatic carbocycles. The third-order valence-electron chi connectivity index (χ3n) is 4.72. The van der Waals surface area contributed by atoms with Gasteiger partial charge in [-0.15, -0.1) is 0 Å². The summed E-state index contributed by atoms with van der Waals surface area (Å²) in [6, 6.07) is 9.62. The number of benzene rings is 2. The summed E-state index contributed by atoms with van der Waals surface area (Å²) in [7, 11) is 5.24. The van der Waals surface area contributed by atoms with Crippen LogP contribution in [0.2, 0.25) is 0 Å². The van der Waals surface area contributed by atoms with E-state index in [1.165, 1.54) is 0 Å². The van der Waals surface area contributed by atoms with Gasteiger partial charge < -0.3 is 29.2 Å². The van der Waals surface area contributed by atoms with Crippen LogP contribution in [0.1, 0.15) is 16.7 Å². The molecule has 2 aromatic rings. The van der Waals surface area contributed by atoms with Crippen molar-refractivity contribution in [2.45, 2.75) is 20.0 Å². The smallest absolute Gasteiger partial charge is 0.275 e. The number of hydrogen-bond donors (Lipinski definition) is 2. The van der Waals surface area contributed by atoms with Gasteiger partial charge in [-0.1, -0.05) is 6.07 Å². The van der Waals surface area contributed by atoms with Crippen LogP contribution in [0.5, 0.6) is 23.0 Å². The Bertz CT molecular complexity index is 853. The third kappa shape index (κ3) is 4.67. The monoisotopic (exact) mass is 387 g/mol. The number of carbonyl (C=O) groups is 1. The van der Waals surface area contributed by atoms with E-state index in [2.05, 4.69) is 5.32 Å². The van der Waals surface area contributed by atoms with Crippen LogP contribution < -0.4 is 29.2 Å². The van der Waals surface area contributed by atoms with E-state index in [4.69, 9.17) is 18.9 Å². The summed E-state index contributed by atoms with van der Waals surface area (Å²) >= 11 is 0. The van der Waals surface area contributed by atoms with Gasteiger partial charge in [0.05, 0.1) is 21.3 Å². The molecule has 28 heavy (non-hydrogen) atoms. The number of quaternary nitrogens is 1. The number of aryl methyl sites for hydroxylation is 1. The maximum Gasteiger partial charge on any atom is 0.275 e. The number of fused-ring (bicyclic) bond motifs is 1. The van der Waals surface area contributed by atoms with E-state index in [0.29, 0.717) is 31.1 Å². The lowest BCUT2D eigenvalue weighted by molar-refractivity contribution is -0.885. The van der Waals surface area contributed by atoms with E-state index in [1.54, 1.807) is 14.2 Å².